The summed E-state index contributed by atoms with van der Waals surface area (Å²) in [5.74, 6) is -2.29. The van der Waals surface area contributed by atoms with E-state index in [9.17, 15) is 22.0 Å². The molecule has 0 heterocycles. The summed E-state index contributed by atoms with van der Waals surface area (Å²) >= 11 is 0. The number of ether oxygens (including phenoxy) is 1. The Labute approximate surface area is 186 Å². The molecule has 0 aliphatic heterocycles. The van der Waals surface area contributed by atoms with Crippen LogP contribution in [0.3, 0.4) is 0 Å². The number of aliphatic hydroxyl groups is 1. The standard InChI is InChI=1S/C22H20F2O6S2/c23-22(24,21(26)29-17-16-25)32(27,28)30-31(18-10-4-1-5-11-18,19-12-6-2-7-13-19)20-14-8-3-9-15-20/h1-15,25H,16-17H2/p+1. The molecule has 3 aromatic carbocycles. The van der Waals surface area contributed by atoms with Crippen LogP contribution in [0.4, 0.5) is 8.78 Å². The average molecular weight is 484 g/mol. The van der Waals surface area contributed by atoms with Gasteiger partial charge in [0.1, 0.15) is 6.61 Å². The van der Waals surface area contributed by atoms with Gasteiger partial charge < -0.3 is 9.84 Å². The van der Waals surface area contributed by atoms with Crippen LogP contribution < -0.4 is 0 Å². The lowest BCUT2D eigenvalue weighted by Gasteiger charge is -2.35. The average Bonchev–Trinajstić information content (AvgIpc) is 2.82. The van der Waals surface area contributed by atoms with Crippen molar-refractivity contribution in [3.8, 4) is 0 Å². The quantitative estimate of drug-likeness (QED) is 0.276. The zero-order valence-corrected chi connectivity index (χ0v) is 18.3. The van der Waals surface area contributed by atoms with E-state index in [0.29, 0.717) is 14.7 Å². The molecule has 0 saturated carbocycles. The lowest BCUT2D eigenvalue weighted by Crippen LogP contribution is -2.42. The molecule has 0 bridgehead atoms. The van der Waals surface area contributed by atoms with Crippen molar-refractivity contribution in [1.29, 1.82) is 0 Å². The number of benzene rings is 3. The highest BCUT2D eigenvalue weighted by atomic mass is 32.3. The van der Waals surface area contributed by atoms with Gasteiger partial charge in [-0.3, -0.25) is 3.63 Å². The SMILES string of the molecule is O=C(OCCO)C(F)(F)S(=O)(=O)[OH+]S(c1ccccc1)(c1ccccc1)c1ccccc1. The number of alkyl halides is 2. The highest BCUT2D eigenvalue weighted by Gasteiger charge is 2.63. The van der Waals surface area contributed by atoms with E-state index in [1.165, 1.54) is 0 Å². The van der Waals surface area contributed by atoms with Gasteiger partial charge in [0, 0.05) is 0 Å². The summed E-state index contributed by atoms with van der Waals surface area (Å²) in [6.07, 6.45) is 0. The highest BCUT2D eigenvalue weighted by Crippen LogP contribution is 2.68. The number of rotatable bonds is 9. The summed E-state index contributed by atoms with van der Waals surface area (Å²) in [6, 6.07) is 24.7. The fraction of sp³-hybridized carbons (Fsp3) is 0.136. The van der Waals surface area contributed by atoms with Crippen molar-refractivity contribution in [3.05, 3.63) is 91.0 Å². The van der Waals surface area contributed by atoms with Crippen LogP contribution in [-0.4, -0.2) is 41.6 Å². The number of carbonyl (C=O) groups excluding carboxylic acids is 1. The first kappa shape index (κ1) is 23.9. The van der Waals surface area contributed by atoms with E-state index < -0.39 is 44.9 Å². The van der Waals surface area contributed by atoms with E-state index in [1.807, 2.05) is 0 Å². The van der Waals surface area contributed by atoms with Gasteiger partial charge in [-0.1, -0.05) is 54.6 Å². The minimum absolute atomic E-state index is 0.389. The molecule has 6 nitrogen and oxygen atoms in total. The van der Waals surface area contributed by atoms with Gasteiger partial charge in [0.2, 0.25) is 0 Å². The Hall–Kier alpha value is -2.79. The van der Waals surface area contributed by atoms with Crippen LogP contribution in [0.2, 0.25) is 0 Å². The van der Waals surface area contributed by atoms with Gasteiger partial charge in [0.25, 0.3) is 0 Å². The first-order valence-corrected chi connectivity index (χ1v) is 12.4. The van der Waals surface area contributed by atoms with Crippen molar-refractivity contribution in [2.24, 2.45) is 0 Å². The molecule has 0 aliphatic carbocycles. The third-order valence-electron chi connectivity index (χ3n) is 4.35. The summed E-state index contributed by atoms with van der Waals surface area (Å²) in [5, 5.41) is 3.78. The summed E-state index contributed by atoms with van der Waals surface area (Å²) in [5.41, 5.74) is 0. The number of esters is 1. The Balaban J connectivity index is 2.25. The lowest BCUT2D eigenvalue weighted by atomic mass is 10.4. The molecule has 0 aliphatic rings. The van der Waals surface area contributed by atoms with Crippen LogP contribution in [-0.2, 0) is 19.6 Å². The Morgan fingerprint density at radius 2 is 1.19 bits per heavy atom. The molecule has 10 heteroatoms. The first-order valence-electron chi connectivity index (χ1n) is 9.39. The summed E-state index contributed by atoms with van der Waals surface area (Å²) < 4.78 is 63.4. The van der Waals surface area contributed by atoms with Gasteiger partial charge in [-0.25, -0.2) is 4.79 Å². The molecule has 0 aromatic heterocycles. The second kappa shape index (κ2) is 9.78. The van der Waals surface area contributed by atoms with Crippen molar-refractivity contribution in [2.75, 3.05) is 13.2 Å². The maximum Gasteiger partial charge on any atom is 0.514 e. The van der Waals surface area contributed by atoms with Gasteiger partial charge in [0.15, 0.2) is 0 Å². The number of hydrogen-bond donors (Lipinski definition) is 1. The third kappa shape index (κ3) is 4.53. The molecule has 170 valence electrons. The smallest absolute Gasteiger partial charge is 0.458 e. The Kier molecular flexibility index (Phi) is 7.29. The van der Waals surface area contributed by atoms with Crippen molar-refractivity contribution < 1.29 is 35.5 Å². The van der Waals surface area contributed by atoms with E-state index in [2.05, 4.69) is 8.37 Å². The normalized spacial score (nSPS) is 12.8. The number of aliphatic hydroxyl groups excluding tert-OH is 1. The molecule has 3 aromatic rings. The van der Waals surface area contributed by atoms with E-state index >= 15 is 0 Å². The van der Waals surface area contributed by atoms with Crippen LogP contribution in [0, 0.1) is 0 Å². The van der Waals surface area contributed by atoms with E-state index in [4.69, 9.17) is 5.11 Å². The molecule has 0 saturated heterocycles. The van der Waals surface area contributed by atoms with Crippen LogP contribution >= 0.6 is 10.3 Å². The summed E-state index contributed by atoms with van der Waals surface area (Å²) in [6.45, 7) is -1.50. The molecule has 2 N–H and O–H groups in total. The fourth-order valence-corrected chi connectivity index (χ4v) is 8.24. The zero-order chi connectivity index (χ0) is 23.2. The maximum atomic E-state index is 14.8. The molecule has 3 rings (SSSR count). The molecule has 0 radical (unpaired) electrons. The van der Waals surface area contributed by atoms with E-state index in [-0.39, 0.29) is 0 Å². The molecule has 32 heavy (non-hydrogen) atoms. The first-order chi connectivity index (χ1) is 15.3. The Morgan fingerprint density at radius 1 is 0.812 bits per heavy atom. The Bertz CT molecular complexity index is 1040. The van der Waals surface area contributed by atoms with Crippen LogP contribution in [0.15, 0.2) is 106 Å². The monoisotopic (exact) mass is 483 g/mol. The predicted molar refractivity (Wildman–Crippen MR) is 116 cm³/mol. The highest BCUT2D eigenvalue weighted by molar-refractivity contribution is 8.32. The number of halogens is 2. The van der Waals surface area contributed by atoms with Crippen LogP contribution in [0.25, 0.3) is 0 Å². The van der Waals surface area contributed by atoms with Crippen molar-refractivity contribution in [1.82, 2.24) is 0 Å². The second-order valence-corrected chi connectivity index (χ2v) is 11.1. The largest absolute Gasteiger partial charge is 0.514 e. The zero-order valence-electron chi connectivity index (χ0n) is 16.7. The molecule has 0 amide bonds. The number of hydrogen-bond acceptors (Lipinski definition) is 5. The minimum atomic E-state index is -5.72. The fourth-order valence-electron chi connectivity index (χ4n) is 2.91. The summed E-state index contributed by atoms with van der Waals surface area (Å²) in [4.78, 5) is 13.0. The molecular weight excluding hydrogens is 462 g/mol. The molecule has 0 spiro atoms. The van der Waals surface area contributed by atoms with Crippen LogP contribution in [0.1, 0.15) is 0 Å². The third-order valence-corrected chi connectivity index (χ3v) is 9.71. The lowest BCUT2D eigenvalue weighted by molar-refractivity contribution is -0.162. The van der Waals surface area contributed by atoms with E-state index in [0.717, 1.165) is 0 Å². The molecule has 0 atom stereocenters. The van der Waals surface area contributed by atoms with Gasteiger partial charge in [-0.15, -0.1) is 8.42 Å². The molecular formula is C22H21F2O6S2+. The molecule has 0 unspecified atom stereocenters. The van der Waals surface area contributed by atoms with Crippen molar-refractivity contribution >= 4 is 26.4 Å². The van der Waals surface area contributed by atoms with Crippen LogP contribution in [0.5, 0.6) is 0 Å². The molecule has 0 fully saturated rings. The van der Waals surface area contributed by atoms with E-state index in [1.54, 1.807) is 91.0 Å². The minimum Gasteiger partial charge on any atom is -0.458 e. The second-order valence-electron chi connectivity index (χ2n) is 6.45. The van der Waals surface area contributed by atoms with Gasteiger partial charge in [-0.05, 0) is 36.4 Å². The van der Waals surface area contributed by atoms with Gasteiger partial charge in [0.05, 0.1) is 31.6 Å². The topological polar surface area (TPSA) is 93.5 Å². The van der Waals surface area contributed by atoms with Crippen molar-refractivity contribution in [3.63, 3.8) is 0 Å². The maximum absolute atomic E-state index is 14.8. The van der Waals surface area contributed by atoms with Gasteiger partial charge in [-0.2, -0.15) is 8.78 Å². The van der Waals surface area contributed by atoms with Gasteiger partial charge >= 0.3 is 21.3 Å². The predicted octanol–water partition coefficient (Wildman–Crippen LogP) is 4.44. The van der Waals surface area contributed by atoms with Crippen molar-refractivity contribution in [2.45, 2.75) is 19.9 Å². The number of carbonyl (C=O) groups is 1. The summed E-state index contributed by atoms with van der Waals surface area (Å²) in [7, 11) is -8.85. The Morgan fingerprint density at radius 3 is 1.53 bits per heavy atom.